The van der Waals surface area contributed by atoms with E-state index >= 15 is 0 Å². The number of anilines is 1. The van der Waals surface area contributed by atoms with Crippen molar-refractivity contribution in [1.82, 2.24) is 35.3 Å². The van der Waals surface area contributed by atoms with E-state index in [9.17, 15) is 42.9 Å². The van der Waals surface area contributed by atoms with E-state index in [1.54, 1.807) is 19.1 Å². The summed E-state index contributed by atoms with van der Waals surface area (Å²) in [5.74, 6) is -6.12. The number of aromatic nitrogens is 4. The standard InChI is InChI=1S/C28H25N9O11S4/c1-11-4-13(5-18-31-22(24(41)34-45)33-37(11)18)49-7-12-8-50-26-20(25(42)36(26)21(12)27(43)44)32-23(40)19(15-9-51-28(29)30-15)35-48-10-52(46,47)14-2-3-16(38)17(39)6-14/h2-6,9,20,26,38-39,45H,7-8,10H2,1H3,(H2,29,30)(H,32,40)(H,34,41)(H,43,44)/b35-19-/t20-,26-/m1/s1. The molecule has 5 heterocycles. The summed E-state index contributed by atoms with van der Waals surface area (Å²) in [6.07, 6.45) is 0. The number of amides is 3. The number of carboxylic acids is 1. The molecule has 3 aromatic heterocycles. The number of carbonyl (C=O) groups is 4. The number of nitrogens with two attached hydrogens (primary N) is 1. The maximum absolute atomic E-state index is 13.4. The lowest BCUT2D eigenvalue weighted by Crippen LogP contribution is -2.71. The Morgan fingerprint density at radius 3 is 2.62 bits per heavy atom. The number of oxime groups is 1. The zero-order chi connectivity index (χ0) is 37.5. The van der Waals surface area contributed by atoms with E-state index in [4.69, 9.17) is 15.8 Å². The van der Waals surface area contributed by atoms with Gasteiger partial charge in [0.25, 0.3) is 11.8 Å². The molecule has 1 saturated heterocycles. The molecule has 0 spiro atoms. The Kier molecular flexibility index (Phi) is 10.00. The molecule has 6 rings (SSSR count). The summed E-state index contributed by atoms with van der Waals surface area (Å²) in [5.41, 5.74) is 7.72. The highest BCUT2D eigenvalue weighted by Gasteiger charge is 2.54. The van der Waals surface area contributed by atoms with Crippen LogP contribution in [0.5, 0.6) is 11.5 Å². The first-order valence-corrected chi connectivity index (χ1v) is 19.1. The highest BCUT2D eigenvalue weighted by atomic mass is 32.2. The summed E-state index contributed by atoms with van der Waals surface area (Å²) < 4.78 is 26.8. The lowest BCUT2D eigenvalue weighted by molar-refractivity contribution is -0.150. The number of thiazole rings is 1. The van der Waals surface area contributed by atoms with Crippen LogP contribution in [-0.4, -0.2) is 112 Å². The van der Waals surface area contributed by atoms with Crippen molar-refractivity contribution < 1.29 is 53.0 Å². The molecule has 20 nitrogen and oxygen atoms in total. The first kappa shape index (κ1) is 36.4. The van der Waals surface area contributed by atoms with Gasteiger partial charge < -0.3 is 31.2 Å². The van der Waals surface area contributed by atoms with Crippen molar-refractivity contribution in [2.24, 2.45) is 5.16 Å². The number of phenolic OH excluding ortho intramolecular Hbond substituents is 2. The van der Waals surface area contributed by atoms with Gasteiger partial charge in [0.05, 0.1) is 4.90 Å². The normalized spacial score (nSPS) is 17.5. The lowest BCUT2D eigenvalue weighted by atomic mass is 10.0. The van der Waals surface area contributed by atoms with Crippen LogP contribution in [0, 0.1) is 6.92 Å². The van der Waals surface area contributed by atoms with Crippen LogP contribution in [0.3, 0.4) is 0 Å². The molecule has 52 heavy (non-hydrogen) atoms. The minimum absolute atomic E-state index is 0.0495. The predicted molar refractivity (Wildman–Crippen MR) is 183 cm³/mol. The maximum Gasteiger partial charge on any atom is 0.352 e. The summed E-state index contributed by atoms with van der Waals surface area (Å²) in [6.45, 7) is 1.72. The zero-order valence-electron chi connectivity index (χ0n) is 26.3. The molecular weight excluding hydrogens is 767 g/mol. The van der Waals surface area contributed by atoms with Crippen LogP contribution in [0.4, 0.5) is 5.13 Å². The molecule has 4 aromatic rings. The molecule has 272 valence electrons. The lowest BCUT2D eigenvalue weighted by Gasteiger charge is -2.49. The number of hydroxylamine groups is 1. The van der Waals surface area contributed by atoms with Gasteiger partial charge in [0.2, 0.25) is 21.6 Å². The van der Waals surface area contributed by atoms with Crippen LogP contribution in [0.15, 0.2) is 61.9 Å². The fourth-order valence-corrected chi connectivity index (χ4v) is 8.98. The van der Waals surface area contributed by atoms with Crippen LogP contribution in [-0.2, 0) is 29.1 Å². The van der Waals surface area contributed by atoms with Crippen LogP contribution < -0.4 is 16.5 Å². The number of aromatic hydroxyl groups is 2. The van der Waals surface area contributed by atoms with Crippen molar-refractivity contribution >= 4 is 84.9 Å². The number of β-lactam (4-membered cyclic amide) rings is 1. The third-order valence-electron chi connectivity index (χ3n) is 7.49. The number of benzene rings is 1. The van der Waals surface area contributed by atoms with Crippen molar-refractivity contribution in [2.75, 3.05) is 23.2 Å². The zero-order valence-corrected chi connectivity index (χ0v) is 29.5. The van der Waals surface area contributed by atoms with Crippen LogP contribution in [0.2, 0.25) is 0 Å². The number of carbonyl (C=O) groups excluding carboxylic acids is 3. The van der Waals surface area contributed by atoms with Crippen LogP contribution in [0.1, 0.15) is 22.0 Å². The minimum atomic E-state index is -4.23. The minimum Gasteiger partial charge on any atom is -0.504 e. The summed E-state index contributed by atoms with van der Waals surface area (Å²) in [4.78, 5) is 65.4. The molecule has 0 bridgehead atoms. The monoisotopic (exact) mass is 791 g/mol. The topological polar surface area (TPSA) is 301 Å². The first-order valence-electron chi connectivity index (χ1n) is 14.5. The summed E-state index contributed by atoms with van der Waals surface area (Å²) >= 11 is 3.44. The van der Waals surface area contributed by atoms with Gasteiger partial charge in [-0.3, -0.25) is 24.5 Å². The second-order valence-corrected chi connectivity index (χ2v) is 15.9. The van der Waals surface area contributed by atoms with Gasteiger partial charge in [-0.05, 0) is 36.8 Å². The van der Waals surface area contributed by atoms with Gasteiger partial charge in [-0.1, -0.05) is 5.16 Å². The summed E-state index contributed by atoms with van der Waals surface area (Å²) in [6, 6.07) is 5.00. The van der Waals surface area contributed by atoms with E-state index < -0.39 is 73.0 Å². The van der Waals surface area contributed by atoms with Crippen LogP contribution >= 0.6 is 34.9 Å². The fourth-order valence-electron chi connectivity index (χ4n) is 5.04. The van der Waals surface area contributed by atoms with Crippen molar-refractivity contribution in [2.45, 2.75) is 28.1 Å². The van der Waals surface area contributed by atoms with Crippen molar-refractivity contribution in [1.29, 1.82) is 0 Å². The molecular formula is C28H25N9O11S4. The van der Waals surface area contributed by atoms with Crippen LogP contribution in [0.25, 0.3) is 5.65 Å². The highest BCUT2D eigenvalue weighted by molar-refractivity contribution is 8.01. The van der Waals surface area contributed by atoms with E-state index in [1.165, 1.54) is 38.9 Å². The number of rotatable bonds is 12. The summed E-state index contributed by atoms with van der Waals surface area (Å²) in [7, 11) is -4.23. The van der Waals surface area contributed by atoms with Gasteiger partial charge in [0.1, 0.15) is 22.8 Å². The molecule has 1 fully saturated rings. The quantitative estimate of drug-likeness (QED) is 0.0253. The Morgan fingerprint density at radius 2 is 1.94 bits per heavy atom. The number of nitrogens with zero attached hydrogens (tertiary/aromatic N) is 6. The predicted octanol–water partition coefficient (Wildman–Crippen LogP) is 0.290. The molecule has 8 N–H and O–H groups in total. The SMILES string of the molecule is Cc1cc(SCC2=C(C(=O)O)N3C(=O)[C@@H](NC(=O)/C(=N\OCS(=O)(=O)c4ccc(O)c(O)c4)c4csc(N)n4)[C@H]3SC2)cc2nc(C(=O)NO)nn12. The Balaban J connectivity index is 1.16. The van der Waals surface area contributed by atoms with Gasteiger partial charge >= 0.3 is 11.9 Å². The van der Waals surface area contributed by atoms with E-state index in [1.807, 2.05) is 0 Å². The number of sulfone groups is 1. The number of hydrogen-bond acceptors (Lipinski definition) is 18. The van der Waals surface area contributed by atoms with E-state index in [0.29, 0.717) is 21.8 Å². The second-order valence-electron chi connectivity index (χ2n) is 10.9. The molecule has 0 saturated carbocycles. The van der Waals surface area contributed by atoms with Gasteiger partial charge in [-0.2, -0.15) is 0 Å². The Morgan fingerprint density at radius 1 is 1.17 bits per heavy atom. The number of fused-ring (bicyclic) bond motifs is 2. The molecule has 0 aliphatic carbocycles. The average molecular weight is 792 g/mol. The number of aryl methyl sites for hydroxylation is 1. The number of phenols is 2. The second kappa shape index (κ2) is 14.3. The molecule has 2 aliphatic heterocycles. The smallest absolute Gasteiger partial charge is 0.352 e. The molecule has 0 radical (unpaired) electrons. The number of aliphatic carboxylic acids is 1. The maximum atomic E-state index is 13.4. The van der Waals surface area contributed by atoms with Crippen molar-refractivity contribution in [3.05, 3.63) is 64.2 Å². The van der Waals surface area contributed by atoms with Gasteiger partial charge in [0.15, 0.2) is 28.0 Å². The molecule has 0 unspecified atom stereocenters. The van der Waals surface area contributed by atoms with Gasteiger partial charge in [0, 0.05) is 33.5 Å². The van der Waals surface area contributed by atoms with E-state index in [0.717, 1.165) is 34.4 Å². The van der Waals surface area contributed by atoms with E-state index in [2.05, 4.69) is 25.5 Å². The molecule has 2 aliphatic rings. The molecule has 1 aromatic carbocycles. The Labute approximate surface area is 304 Å². The van der Waals surface area contributed by atoms with Crippen molar-refractivity contribution in [3.8, 4) is 11.5 Å². The third kappa shape index (κ3) is 7.05. The van der Waals surface area contributed by atoms with Gasteiger partial charge in [-0.25, -0.2) is 33.2 Å². The average Bonchev–Trinajstić information content (AvgIpc) is 3.74. The molecule has 2 atom stereocenters. The molecule has 3 amide bonds. The largest absolute Gasteiger partial charge is 0.504 e. The number of nitrogen functional groups attached to an aromatic ring is 1. The molecule has 24 heteroatoms. The third-order valence-corrected chi connectivity index (χ3v) is 12.0. The number of pyridine rings is 1. The number of thioether (sulfide) groups is 2. The number of hydrogen-bond donors (Lipinski definition) is 7. The van der Waals surface area contributed by atoms with Crippen molar-refractivity contribution in [3.63, 3.8) is 0 Å². The highest BCUT2D eigenvalue weighted by Crippen LogP contribution is 2.42. The fraction of sp³-hybridized carbons (Fsp3) is 0.214. The summed E-state index contributed by atoms with van der Waals surface area (Å²) in [5, 5.41) is 49.0. The van der Waals surface area contributed by atoms with E-state index in [-0.39, 0.29) is 33.9 Å². The van der Waals surface area contributed by atoms with Gasteiger partial charge in [-0.15, -0.1) is 40.0 Å². The Hall–Kier alpha value is -5.43. The number of nitrogens with one attached hydrogen (secondary N) is 2. The number of carboxylic acid groups (broad SMARTS) is 1. The Bertz CT molecular complexity index is 2320. The first-order chi connectivity index (χ1) is 24.7.